The van der Waals surface area contributed by atoms with Crippen LogP contribution in [0.2, 0.25) is 10.0 Å². The molecule has 0 spiro atoms. The maximum Gasteiger partial charge on any atom is 0.303 e. The number of alkyl halides is 1. The Balaban J connectivity index is 1.70. The van der Waals surface area contributed by atoms with Crippen molar-refractivity contribution in [2.24, 2.45) is 0 Å². The van der Waals surface area contributed by atoms with Gasteiger partial charge in [-0.3, -0.25) is 9.59 Å². The van der Waals surface area contributed by atoms with E-state index in [1.807, 2.05) is 0 Å². The van der Waals surface area contributed by atoms with Crippen molar-refractivity contribution >= 4 is 56.6 Å². The molecule has 0 aliphatic heterocycles. The topological polar surface area (TPSA) is 123 Å². The molecule has 39 heavy (non-hydrogen) atoms. The Morgan fingerprint density at radius 3 is 1.85 bits per heavy atom. The third kappa shape index (κ3) is 8.76. The second kappa shape index (κ2) is 13.9. The lowest BCUT2D eigenvalue weighted by atomic mass is 10.3. The van der Waals surface area contributed by atoms with Gasteiger partial charge >= 0.3 is 11.9 Å². The van der Waals surface area contributed by atoms with Gasteiger partial charge in [-0.1, -0.05) is 23.2 Å². The molecule has 0 bridgehead atoms. The van der Waals surface area contributed by atoms with E-state index in [4.69, 9.17) is 53.8 Å². The van der Waals surface area contributed by atoms with E-state index in [1.165, 1.54) is 50.2 Å². The molecule has 0 saturated carbocycles. The number of hydrogen-bond donors (Lipinski definition) is 0. The molecule has 2 aromatic carbocycles. The van der Waals surface area contributed by atoms with Crippen molar-refractivity contribution in [3.63, 3.8) is 0 Å². The van der Waals surface area contributed by atoms with Gasteiger partial charge in [0.15, 0.2) is 6.10 Å². The lowest BCUT2D eigenvalue weighted by Gasteiger charge is -2.19. The van der Waals surface area contributed by atoms with E-state index in [0.29, 0.717) is 6.54 Å². The van der Waals surface area contributed by atoms with Gasteiger partial charge in [-0.25, -0.2) is 13.4 Å². The Bertz CT molecular complexity index is 1400. The van der Waals surface area contributed by atoms with Gasteiger partial charge in [0, 0.05) is 26.2 Å². The molecule has 1 aromatic heterocycles. The molecule has 0 amide bonds. The molecule has 3 rings (SSSR count). The summed E-state index contributed by atoms with van der Waals surface area (Å²) in [4.78, 5) is 26.4. The predicted octanol–water partition coefficient (Wildman–Crippen LogP) is 4.58. The summed E-state index contributed by atoms with van der Waals surface area (Å²) in [7, 11) is -4.00. The largest absolute Gasteiger partial charge is 0.488 e. The van der Waals surface area contributed by atoms with Gasteiger partial charge in [-0.05, 0) is 36.4 Å². The highest BCUT2D eigenvalue weighted by Crippen LogP contribution is 2.33. The summed E-state index contributed by atoms with van der Waals surface area (Å²) in [6, 6.07) is 7.98. The van der Waals surface area contributed by atoms with Crippen LogP contribution in [-0.4, -0.2) is 61.2 Å². The molecule has 0 radical (unpaired) electrons. The Morgan fingerprint density at radius 1 is 0.897 bits per heavy atom. The van der Waals surface area contributed by atoms with Crippen molar-refractivity contribution < 1.29 is 37.0 Å². The van der Waals surface area contributed by atoms with Crippen LogP contribution in [0.3, 0.4) is 0 Å². The van der Waals surface area contributed by atoms with E-state index in [9.17, 15) is 18.0 Å². The molecular weight excluding hydrogens is 595 g/mol. The summed E-state index contributed by atoms with van der Waals surface area (Å²) in [5.74, 6) is -0.571. The molecular formula is C25H25Cl3N2O8S. The van der Waals surface area contributed by atoms with Crippen LogP contribution in [0, 0.1) is 0 Å². The molecule has 0 aliphatic rings. The number of esters is 2. The van der Waals surface area contributed by atoms with E-state index in [0.717, 1.165) is 0 Å². The first-order valence-electron chi connectivity index (χ1n) is 11.5. The van der Waals surface area contributed by atoms with Crippen molar-refractivity contribution in [3.05, 3.63) is 65.2 Å². The molecule has 10 nitrogen and oxygen atoms in total. The second-order valence-electron chi connectivity index (χ2n) is 8.19. The second-order valence-corrected chi connectivity index (χ2v) is 11.3. The van der Waals surface area contributed by atoms with E-state index in [1.54, 1.807) is 23.3 Å². The summed E-state index contributed by atoms with van der Waals surface area (Å²) < 4.78 is 49.7. The molecule has 0 unspecified atom stereocenters. The lowest BCUT2D eigenvalue weighted by molar-refractivity contribution is -0.148. The number of sulfone groups is 1. The lowest BCUT2D eigenvalue weighted by Crippen LogP contribution is -2.28. The SMILES string of the molecule is CC(=O)O[C@@H](CCl)COc1ccc(S(=O)(=O)c2ccc(OC[C@@H](Cn3ccnc3)OC(C)=O)c(Cl)c2)cc1Cl. The number of imidazole rings is 1. The minimum absolute atomic E-state index is 0.0130. The minimum Gasteiger partial charge on any atom is -0.488 e. The van der Waals surface area contributed by atoms with Crippen molar-refractivity contribution in [2.75, 3.05) is 19.1 Å². The van der Waals surface area contributed by atoms with Crippen LogP contribution >= 0.6 is 34.8 Å². The highest BCUT2D eigenvalue weighted by Gasteiger charge is 2.22. The maximum atomic E-state index is 13.2. The molecule has 210 valence electrons. The van der Waals surface area contributed by atoms with E-state index in [2.05, 4.69) is 4.98 Å². The van der Waals surface area contributed by atoms with Crippen LogP contribution in [-0.2, 0) is 35.4 Å². The van der Waals surface area contributed by atoms with Crippen LogP contribution in [0.1, 0.15) is 13.8 Å². The number of rotatable bonds is 13. The van der Waals surface area contributed by atoms with Gasteiger partial charge in [0.2, 0.25) is 9.84 Å². The minimum atomic E-state index is -4.00. The standard InChI is InChI=1S/C25H25Cl3N2O8S/c1-16(31)37-18(11-26)13-35-24-5-3-20(9-22(24)27)39(33,34)21-4-6-25(23(28)10-21)36-14-19(38-17(2)32)12-30-8-7-29-15-30/h3-10,15,18-19H,11-14H2,1-2H3/t18-,19+/m0/s1. The summed E-state index contributed by atoms with van der Waals surface area (Å²) in [6.45, 7) is 2.76. The van der Waals surface area contributed by atoms with Crippen LogP contribution in [0.15, 0.2) is 64.9 Å². The van der Waals surface area contributed by atoms with Crippen molar-refractivity contribution in [3.8, 4) is 11.5 Å². The molecule has 3 aromatic rings. The maximum absolute atomic E-state index is 13.2. The van der Waals surface area contributed by atoms with Crippen LogP contribution in [0.25, 0.3) is 0 Å². The smallest absolute Gasteiger partial charge is 0.303 e. The fraction of sp³-hybridized carbons (Fsp3) is 0.320. The zero-order chi connectivity index (χ0) is 28.6. The Morgan fingerprint density at radius 2 is 1.41 bits per heavy atom. The molecule has 0 N–H and O–H groups in total. The van der Waals surface area contributed by atoms with Crippen LogP contribution < -0.4 is 9.47 Å². The predicted molar refractivity (Wildman–Crippen MR) is 143 cm³/mol. The first-order valence-corrected chi connectivity index (χ1v) is 14.2. The van der Waals surface area contributed by atoms with Crippen molar-refractivity contribution in [2.45, 2.75) is 42.4 Å². The summed E-state index contributed by atoms with van der Waals surface area (Å²) in [5.41, 5.74) is 0. The zero-order valence-corrected chi connectivity index (χ0v) is 24.0. The quantitative estimate of drug-likeness (QED) is 0.200. The number of aromatic nitrogens is 2. The average molecular weight is 620 g/mol. The number of ether oxygens (including phenoxy) is 4. The Labute approximate surface area is 240 Å². The average Bonchev–Trinajstić information content (AvgIpc) is 3.38. The van der Waals surface area contributed by atoms with Gasteiger partial charge < -0.3 is 23.5 Å². The van der Waals surface area contributed by atoms with Crippen LogP contribution in [0.5, 0.6) is 11.5 Å². The Hall–Kier alpha value is -2.99. The van der Waals surface area contributed by atoms with Crippen molar-refractivity contribution in [1.82, 2.24) is 9.55 Å². The number of benzene rings is 2. The zero-order valence-electron chi connectivity index (χ0n) is 20.9. The van der Waals surface area contributed by atoms with E-state index < -0.39 is 34.0 Å². The van der Waals surface area contributed by atoms with Gasteiger partial charge in [-0.2, -0.15) is 0 Å². The molecule has 1 heterocycles. The highest BCUT2D eigenvalue weighted by atomic mass is 35.5. The number of carbonyl (C=O) groups excluding carboxylic acids is 2. The number of halogens is 3. The van der Waals surface area contributed by atoms with Gasteiger partial charge in [-0.15, -0.1) is 11.6 Å². The molecule has 0 saturated heterocycles. The fourth-order valence-electron chi connectivity index (χ4n) is 3.37. The monoisotopic (exact) mass is 618 g/mol. The van der Waals surface area contributed by atoms with E-state index in [-0.39, 0.29) is 50.4 Å². The summed E-state index contributed by atoms with van der Waals surface area (Å²) in [6.07, 6.45) is 3.56. The first-order chi connectivity index (χ1) is 18.5. The van der Waals surface area contributed by atoms with Gasteiger partial charge in [0.05, 0.1) is 38.6 Å². The van der Waals surface area contributed by atoms with Gasteiger partial charge in [0.1, 0.15) is 30.8 Å². The fourth-order valence-corrected chi connectivity index (χ4v) is 5.43. The molecule has 2 atom stereocenters. The van der Waals surface area contributed by atoms with Crippen LogP contribution in [0.4, 0.5) is 0 Å². The highest BCUT2D eigenvalue weighted by molar-refractivity contribution is 7.91. The Kier molecular flexibility index (Phi) is 10.9. The number of carbonyl (C=O) groups is 2. The van der Waals surface area contributed by atoms with Gasteiger partial charge in [0.25, 0.3) is 0 Å². The normalized spacial score (nSPS) is 12.8. The third-order valence-electron chi connectivity index (χ3n) is 5.09. The first kappa shape index (κ1) is 30.6. The molecule has 14 heteroatoms. The molecule has 0 fully saturated rings. The summed E-state index contributed by atoms with van der Waals surface area (Å²) >= 11 is 18.3. The van der Waals surface area contributed by atoms with E-state index >= 15 is 0 Å². The third-order valence-corrected chi connectivity index (χ3v) is 7.77. The van der Waals surface area contributed by atoms with Crippen molar-refractivity contribution in [1.29, 1.82) is 0 Å². The summed E-state index contributed by atoms with van der Waals surface area (Å²) in [5, 5.41) is 0.0802. The molecule has 0 aliphatic carbocycles. The number of nitrogens with zero attached hydrogens (tertiary/aromatic N) is 2. The number of hydrogen-bond acceptors (Lipinski definition) is 9.